The number of carbonyl (C=O) groups excluding carboxylic acids is 2. The molecule has 0 radical (unpaired) electrons. The SMILES string of the molecule is O=C(CNC(=O)C(c1nc2ccc(-c3ccccc3)cc2s1)S(=O)(=O)c1ccccc1)NC1CC1. The van der Waals surface area contributed by atoms with E-state index in [4.69, 9.17) is 0 Å². The fourth-order valence-corrected chi connectivity index (χ4v) is 6.77. The smallest absolute Gasteiger partial charge is 0.246 e. The molecule has 1 aromatic heterocycles. The number of thiazole rings is 1. The highest BCUT2D eigenvalue weighted by atomic mass is 32.2. The average Bonchev–Trinajstić information content (AvgIpc) is 3.59. The van der Waals surface area contributed by atoms with E-state index in [1.54, 1.807) is 18.2 Å². The molecule has 3 aromatic carbocycles. The molecule has 1 fully saturated rings. The molecule has 1 unspecified atom stereocenters. The highest BCUT2D eigenvalue weighted by Gasteiger charge is 2.38. The second-order valence-corrected chi connectivity index (χ2v) is 11.5. The molecule has 5 rings (SSSR count). The predicted octanol–water partition coefficient (Wildman–Crippen LogP) is 3.87. The Hall–Kier alpha value is -3.56. The summed E-state index contributed by atoms with van der Waals surface area (Å²) in [4.78, 5) is 29.9. The molecule has 4 aromatic rings. The van der Waals surface area contributed by atoms with Crippen LogP contribution in [0.25, 0.3) is 21.3 Å². The number of benzene rings is 3. The van der Waals surface area contributed by atoms with Crippen LogP contribution in [0.1, 0.15) is 23.1 Å². The fourth-order valence-electron chi connectivity index (χ4n) is 3.76. The number of rotatable bonds is 8. The maximum absolute atomic E-state index is 13.6. The highest BCUT2D eigenvalue weighted by Crippen LogP contribution is 2.36. The van der Waals surface area contributed by atoms with E-state index in [2.05, 4.69) is 15.6 Å². The van der Waals surface area contributed by atoms with Crippen LogP contribution < -0.4 is 10.6 Å². The third-order valence-electron chi connectivity index (χ3n) is 5.72. The lowest BCUT2D eigenvalue weighted by molar-refractivity contribution is -0.126. The van der Waals surface area contributed by atoms with Crippen molar-refractivity contribution < 1.29 is 18.0 Å². The Morgan fingerprint density at radius 2 is 1.63 bits per heavy atom. The zero-order valence-corrected chi connectivity index (χ0v) is 20.3. The number of sulfone groups is 1. The summed E-state index contributed by atoms with van der Waals surface area (Å²) in [5, 5.41) is 3.88. The zero-order valence-electron chi connectivity index (χ0n) is 18.7. The van der Waals surface area contributed by atoms with Crippen molar-refractivity contribution in [3.05, 3.63) is 83.9 Å². The van der Waals surface area contributed by atoms with Gasteiger partial charge in [0.05, 0.1) is 21.7 Å². The first-order valence-electron chi connectivity index (χ1n) is 11.2. The summed E-state index contributed by atoms with van der Waals surface area (Å²) in [7, 11) is -4.12. The van der Waals surface area contributed by atoms with Gasteiger partial charge in [-0.05, 0) is 48.2 Å². The van der Waals surface area contributed by atoms with Gasteiger partial charge in [-0.1, -0.05) is 54.6 Å². The van der Waals surface area contributed by atoms with Crippen molar-refractivity contribution in [3.8, 4) is 11.1 Å². The summed E-state index contributed by atoms with van der Waals surface area (Å²) in [6.07, 6.45) is 1.84. The van der Waals surface area contributed by atoms with Gasteiger partial charge in [0.15, 0.2) is 15.1 Å². The van der Waals surface area contributed by atoms with Gasteiger partial charge in [-0.15, -0.1) is 11.3 Å². The van der Waals surface area contributed by atoms with Crippen LogP contribution in [0, 0.1) is 0 Å². The van der Waals surface area contributed by atoms with Crippen LogP contribution >= 0.6 is 11.3 Å². The number of fused-ring (bicyclic) bond motifs is 1. The Balaban J connectivity index is 1.50. The van der Waals surface area contributed by atoms with E-state index in [-0.39, 0.29) is 28.4 Å². The Morgan fingerprint density at radius 3 is 2.31 bits per heavy atom. The number of carbonyl (C=O) groups is 2. The van der Waals surface area contributed by atoms with Crippen LogP contribution in [0.3, 0.4) is 0 Å². The van der Waals surface area contributed by atoms with Crippen LogP contribution in [-0.4, -0.2) is 37.8 Å². The van der Waals surface area contributed by atoms with Gasteiger partial charge < -0.3 is 10.6 Å². The van der Waals surface area contributed by atoms with Crippen molar-refractivity contribution in [2.45, 2.75) is 29.0 Å². The van der Waals surface area contributed by atoms with Crippen molar-refractivity contribution in [1.29, 1.82) is 0 Å². The molecule has 0 spiro atoms. The largest absolute Gasteiger partial charge is 0.352 e. The van der Waals surface area contributed by atoms with Crippen molar-refractivity contribution in [2.24, 2.45) is 0 Å². The number of aromatic nitrogens is 1. The second-order valence-electron chi connectivity index (χ2n) is 8.40. The van der Waals surface area contributed by atoms with Crippen molar-refractivity contribution in [3.63, 3.8) is 0 Å². The van der Waals surface area contributed by atoms with Crippen molar-refractivity contribution in [2.75, 3.05) is 6.54 Å². The van der Waals surface area contributed by atoms with Gasteiger partial charge in [0.25, 0.3) is 0 Å². The van der Waals surface area contributed by atoms with Crippen LogP contribution in [0.2, 0.25) is 0 Å². The first-order chi connectivity index (χ1) is 16.9. The molecule has 1 aliphatic rings. The van der Waals surface area contributed by atoms with Crippen molar-refractivity contribution in [1.82, 2.24) is 15.6 Å². The van der Waals surface area contributed by atoms with E-state index in [9.17, 15) is 18.0 Å². The molecule has 7 nitrogen and oxygen atoms in total. The number of hydrogen-bond donors (Lipinski definition) is 2. The van der Waals surface area contributed by atoms with Crippen LogP contribution in [0.4, 0.5) is 0 Å². The summed E-state index contributed by atoms with van der Waals surface area (Å²) in [5.74, 6) is -1.12. The van der Waals surface area contributed by atoms with Gasteiger partial charge in [0, 0.05) is 6.04 Å². The van der Waals surface area contributed by atoms with Crippen LogP contribution in [-0.2, 0) is 19.4 Å². The lowest BCUT2D eigenvalue weighted by Crippen LogP contribution is -2.41. The molecule has 1 heterocycles. The first-order valence-corrected chi connectivity index (χ1v) is 13.6. The van der Waals surface area contributed by atoms with E-state index in [1.807, 2.05) is 48.5 Å². The monoisotopic (exact) mass is 505 g/mol. The minimum absolute atomic E-state index is 0.0202. The van der Waals surface area contributed by atoms with E-state index in [1.165, 1.54) is 23.5 Å². The van der Waals surface area contributed by atoms with E-state index < -0.39 is 21.0 Å². The fraction of sp³-hybridized carbons (Fsp3) is 0.192. The Bertz CT molecular complexity index is 1480. The molecule has 2 N–H and O–H groups in total. The van der Waals surface area contributed by atoms with Gasteiger partial charge in [0.1, 0.15) is 5.01 Å². The molecular formula is C26H23N3O4S2. The molecule has 0 bridgehead atoms. The van der Waals surface area contributed by atoms with E-state index in [0.29, 0.717) is 5.52 Å². The Labute approximate surface area is 207 Å². The number of nitrogens with zero attached hydrogens (tertiary/aromatic N) is 1. The Kier molecular flexibility index (Phi) is 6.36. The molecule has 1 aliphatic carbocycles. The number of amides is 2. The first kappa shape index (κ1) is 23.2. The standard InChI is InChI=1S/C26H23N3O4S2/c30-23(28-19-12-13-19)16-27-25(31)24(35(32,33)20-9-5-2-6-10-20)26-29-21-14-11-18(15-22(21)34-26)17-7-3-1-4-8-17/h1-11,14-15,19,24H,12-13,16H2,(H,27,31)(H,28,30). The summed E-state index contributed by atoms with van der Waals surface area (Å²) in [6, 6.07) is 23.5. The topological polar surface area (TPSA) is 105 Å². The summed E-state index contributed by atoms with van der Waals surface area (Å²) in [5.41, 5.74) is 2.60. The molecule has 1 saturated carbocycles. The normalized spacial score (nSPS) is 14.4. The minimum Gasteiger partial charge on any atom is -0.352 e. The number of nitrogens with one attached hydrogen (secondary N) is 2. The maximum Gasteiger partial charge on any atom is 0.246 e. The minimum atomic E-state index is -4.12. The molecule has 0 saturated heterocycles. The molecule has 2 amide bonds. The lowest BCUT2D eigenvalue weighted by atomic mass is 10.1. The maximum atomic E-state index is 13.6. The third kappa shape index (κ3) is 5.11. The van der Waals surface area contributed by atoms with Crippen molar-refractivity contribution >= 4 is 43.2 Å². The lowest BCUT2D eigenvalue weighted by Gasteiger charge is -2.15. The highest BCUT2D eigenvalue weighted by molar-refractivity contribution is 7.92. The second kappa shape index (κ2) is 9.59. The van der Waals surface area contributed by atoms with E-state index in [0.717, 1.165) is 28.7 Å². The molecule has 1 atom stereocenters. The number of hydrogen-bond acceptors (Lipinski definition) is 6. The van der Waals surface area contributed by atoms with E-state index >= 15 is 0 Å². The summed E-state index contributed by atoms with van der Waals surface area (Å²) in [6.45, 7) is -0.292. The molecule has 178 valence electrons. The third-order valence-corrected chi connectivity index (χ3v) is 8.94. The average molecular weight is 506 g/mol. The van der Waals surface area contributed by atoms with Crippen LogP contribution in [0.5, 0.6) is 0 Å². The van der Waals surface area contributed by atoms with Gasteiger partial charge in [-0.25, -0.2) is 13.4 Å². The van der Waals surface area contributed by atoms with Gasteiger partial charge in [-0.3, -0.25) is 9.59 Å². The van der Waals surface area contributed by atoms with Gasteiger partial charge >= 0.3 is 0 Å². The summed E-state index contributed by atoms with van der Waals surface area (Å²) < 4.78 is 27.9. The molecule has 0 aliphatic heterocycles. The van der Waals surface area contributed by atoms with Crippen LogP contribution in [0.15, 0.2) is 83.8 Å². The predicted molar refractivity (Wildman–Crippen MR) is 136 cm³/mol. The molecular weight excluding hydrogens is 482 g/mol. The van der Waals surface area contributed by atoms with Gasteiger partial charge in [-0.2, -0.15) is 0 Å². The molecule has 35 heavy (non-hydrogen) atoms. The van der Waals surface area contributed by atoms with Gasteiger partial charge in [0.2, 0.25) is 11.8 Å². The Morgan fingerprint density at radius 1 is 0.943 bits per heavy atom. The molecule has 9 heteroatoms. The quantitative estimate of drug-likeness (QED) is 0.378. The summed E-state index contributed by atoms with van der Waals surface area (Å²) >= 11 is 1.17. The zero-order chi connectivity index (χ0) is 24.4.